The lowest BCUT2D eigenvalue weighted by Gasteiger charge is -2.19. The summed E-state index contributed by atoms with van der Waals surface area (Å²) >= 11 is 0. The van der Waals surface area contributed by atoms with Crippen LogP contribution in [0.15, 0.2) is 36.7 Å². The summed E-state index contributed by atoms with van der Waals surface area (Å²) in [4.78, 5) is 20.9. The van der Waals surface area contributed by atoms with Crippen LogP contribution in [-0.4, -0.2) is 35.1 Å². The van der Waals surface area contributed by atoms with Gasteiger partial charge in [-0.05, 0) is 50.1 Å². The molecule has 1 saturated heterocycles. The average molecular weight is 311 g/mol. The van der Waals surface area contributed by atoms with Crippen molar-refractivity contribution in [3.8, 4) is 0 Å². The number of nitrogens with one attached hydrogen (secondary N) is 1. The highest BCUT2D eigenvalue weighted by Gasteiger charge is 2.30. The van der Waals surface area contributed by atoms with Crippen molar-refractivity contribution in [2.45, 2.75) is 26.3 Å². The Balaban J connectivity index is 1.67. The monoisotopic (exact) mass is 311 g/mol. The zero-order chi connectivity index (χ0) is 16.2. The van der Waals surface area contributed by atoms with Crippen molar-refractivity contribution < 1.29 is 9.53 Å². The summed E-state index contributed by atoms with van der Waals surface area (Å²) < 4.78 is 5.58. The van der Waals surface area contributed by atoms with Gasteiger partial charge in [-0.15, -0.1) is 0 Å². The minimum atomic E-state index is -0.0785. The normalized spacial score (nSPS) is 20.4. The fourth-order valence-electron chi connectivity index (χ4n) is 2.95. The van der Waals surface area contributed by atoms with E-state index in [9.17, 15) is 4.79 Å². The number of carbonyl (C=O) groups is 1. The minimum absolute atomic E-state index is 0.0244. The molecule has 1 amide bonds. The minimum Gasteiger partial charge on any atom is -0.379 e. The lowest BCUT2D eigenvalue weighted by molar-refractivity contribution is 0.0924. The molecule has 0 aliphatic carbocycles. The largest absolute Gasteiger partial charge is 0.379 e. The third kappa shape index (κ3) is 3.74. The van der Waals surface area contributed by atoms with E-state index in [1.54, 1.807) is 12.4 Å². The molecule has 1 fully saturated rings. The molecule has 0 aromatic carbocycles. The number of ether oxygens (including phenoxy) is 1. The third-order valence-corrected chi connectivity index (χ3v) is 4.23. The molecule has 2 aromatic heterocycles. The van der Waals surface area contributed by atoms with Crippen molar-refractivity contribution in [3.05, 3.63) is 59.2 Å². The van der Waals surface area contributed by atoms with E-state index in [2.05, 4.69) is 15.3 Å². The fraction of sp³-hybridized carbons (Fsp3) is 0.389. The van der Waals surface area contributed by atoms with Crippen molar-refractivity contribution in [2.75, 3.05) is 13.2 Å². The Morgan fingerprint density at radius 2 is 2.00 bits per heavy atom. The molecule has 5 nitrogen and oxygen atoms in total. The Morgan fingerprint density at radius 3 is 2.74 bits per heavy atom. The summed E-state index contributed by atoms with van der Waals surface area (Å²) in [6.07, 6.45) is 4.46. The molecule has 120 valence electrons. The van der Waals surface area contributed by atoms with E-state index < -0.39 is 0 Å². The predicted molar refractivity (Wildman–Crippen MR) is 87.2 cm³/mol. The molecule has 5 heteroatoms. The molecule has 1 aliphatic rings. The molecule has 0 bridgehead atoms. The van der Waals surface area contributed by atoms with Crippen LogP contribution >= 0.6 is 0 Å². The topological polar surface area (TPSA) is 64.1 Å². The predicted octanol–water partition coefficient (Wildman–Crippen LogP) is 2.08. The molecule has 0 unspecified atom stereocenters. The molecule has 1 N–H and O–H groups in total. The Labute approximate surface area is 136 Å². The van der Waals surface area contributed by atoms with Crippen LogP contribution in [0.5, 0.6) is 0 Å². The maximum atomic E-state index is 12.5. The maximum absolute atomic E-state index is 12.5. The summed E-state index contributed by atoms with van der Waals surface area (Å²) in [5.74, 6) is 0.199. The van der Waals surface area contributed by atoms with E-state index in [-0.39, 0.29) is 17.9 Å². The fourth-order valence-corrected chi connectivity index (χ4v) is 2.95. The first kappa shape index (κ1) is 15.6. The Kier molecular flexibility index (Phi) is 4.67. The highest BCUT2D eigenvalue weighted by molar-refractivity contribution is 5.95. The summed E-state index contributed by atoms with van der Waals surface area (Å²) in [6.45, 7) is 5.00. The molecule has 3 rings (SSSR count). The van der Waals surface area contributed by atoms with Crippen LogP contribution in [0.4, 0.5) is 0 Å². The number of pyridine rings is 2. The van der Waals surface area contributed by atoms with Gasteiger partial charge >= 0.3 is 0 Å². The molecule has 3 heterocycles. The summed E-state index contributed by atoms with van der Waals surface area (Å²) in [5.41, 5.74) is 3.51. The van der Waals surface area contributed by atoms with E-state index in [1.807, 2.05) is 38.1 Å². The molecular formula is C18H21N3O2. The molecule has 2 aromatic rings. The second kappa shape index (κ2) is 6.87. The Morgan fingerprint density at radius 1 is 1.22 bits per heavy atom. The standard InChI is InChI=1S/C18H21N3O2/c1-12-3-4-16(13(2)20-12)18(22)21-17-11-23-10-15(17)9-14-5-7-19-8-6-14/h3-8,15,17H,9-11H2,1-2H3,(H,21,22)/t15-,17-/m1/s1. The number of aryl methyl sites for hydroxylation is 2. The number of nitrogens with zero attached hydrogens (tertiary/aromatic N) is 2. The van der Waals surface area contributed by atoms with Crippen molar-refractivity contribution in [2.24, 2.45) is 5.92 Å². The van der Waals surface area contributed by atoms with E-state index in [1.165, 1.54) is 5.56 Å². The quantitative estimate of drug-likeness (QED) is 0.939. The third-order valence-electron chi connectivity index (χ3n) is 4.23. The zero-order valence-electron chi connectivity index (χ0n) is 13.5. The average Bonchev–Trinajstić information content (AvgIpc) is 2.95. The smallest absolute Gasteiger partial charge is 0.253 e. The van der Waals surface area contributed by atoms with Gasteiger partial charge in [-0.3, -0.25) is 14.8 Å². The molecule has 0 spiro atoms. The van der Waals surface area contributed by atoms with Gasteiger partial charge in [0, 0.05) is 24.0 Å². The van der Waals surface area contributed by atoms with Crippen LogP contribution in [0.25, 0.3) is 0 Å². The van der Waals surface area contributed by atoms with Gasteiger partial charge in [0.1, 0.15) is 0 Å². The second-order valence-electron chi connectivity index (χ2n) is 6.02. The van der Waals surface area contributed by atoms with E-state index >= 15 is 0 Å². The van der Waals surface area contributed by atoms with Crippen LogP contribution in [0.2, 0.25) is 0 Å². The van der Waals surface area contributed by atoms with Crippen molar-refractivity contribution in [3.63, 3.8) is 0 Å². The van der Waals surface area contributed by atoms with Crippen molar-refractivity contribution >= 4 is 5.91 Å². The molecule has 23 heavy (non-hydrogen) atoms. The highest BCUT2D eigenvalue weighted by atomic mass is 16.5. The van der Waals surface area contributed by atoms with Gasteiger partial charge < -0.3 is 10.1 Å². The Bertz CT molecular complexity index is 688. The van der Waals surface area contributed by atoms with Crippen LogP contribution in [0.1, 0.15) is 27.3 Å². The first-order chi connectivity index (χ1) is 11.1. The maximum Gasteiger partial charge on any atom is 0.253 e. The number of amides is 1. The molecule has 2 atom stereocenters. The number of rotatable bonds is 4. The van der Waals surface area contributed by atoms with Gasteiger partial charge in [0.05, 0.1) is 30.5 Å². The summed E-state index contributed by atoms with van der Waals surface area (Å²) in [7, 11) is 0. The SMILES string of the molecule is Cc1ccc(C(=O)N[C@@H]2COC[C@H]2Cc2ccncc2)c(C)n1. The lowest BCUT2D eigenvalue weighted by Crippen LogP contribution is -2.41. The number of aromatic nitrogens is 2. The van der Waals surface area contributed by atoms with Crippen molar-refractivity contribution in [1.29, 1.82) is 0 Å². The van der Waals surface area contributed by atoms with Crippen LogP contribution in [0, 0.1) is 19.8 Å². The first-order valence-electron chi connectivity index (χ1n) is 7.85. The molecular weight excluding hydrogens is 290 g/mol. The molecule has 1 aliphatic heterocycles. The molecule has 0 radical (unpaired) electrons. The van der Waals surface area contributed by atoms with Gasteiger partial charge in [0.15, 0.2) is 0 Å². The van der Waals surface area contributed by atoms with Gasteiger partial charge in [-0.2, -0.15) is 0 Å². The van der Waals surface area contributed by atoms with Crippen molar-refractivity contribution in [1.82, 2.24) is 15.3 Å². The van der Waals surface area contributed by atoms with Gasteiger partial charge in [0.25, 0.3) is 5.91 Å². The number of hydrogen-bond donors (Lipinski definition) is 1. The van der Waals surface area contributed by atoms with E-state index in [4.69, 9.17) is 4.74 Å². The number of carbonyl (C=O) groups excluding carboxylic acids is 1. The lowest BCUT2D eigenvalue weighted by atomic mass is 9.95. The van der Waals surface area contributed by atoms with Crippen LogP contribution in [-0.2, 0) is 11.2 Å². The highest BCUT2D eigenvalue weighted by Crippen LogP contribution is 2.19. The summed E-state index contributed by atoms with van der Waals surface area (Å²) in [6, 6.07) is 7.73. The van der Waals surface area contributed by atoms with Gasteiger partial charge in [-0.1, -0.05) is 0 Å². The molecule has 0 saturated carbocycles. The Hall–Kier alpha value is -2.27. The summed E-state index contributed by atoms with van der Waals surface area (Å²) in [5, 5.41) is 3.11. The van der Waals surface area contributed by atoms with Crippen LogP contribution in [0.3, 0.4) is 0 Å². The van der Waals surface area contributed by atoms with Gasteiger partial charge in [0.2, 0.25) is 0 Å². The second-order valence-corrected chi connectivity index (χ2v) is 6.02. The number of hydrogen-bond acceptors (Lipinski definition) is 4. The van der Waals surface area contributed by atoms with Gasteiger partial charge in [-0.25, -0.2) is 0 Å². The first-order valence-corrected chi connectivity index (χ1v) is 7.85. The van der Waals surface area contributed by atoms with E-state index in [0.29, 0.717) is 18.8 Å². The van der Waals surface area contributed by atoms with E-state index in [0.717, 1.165) is 17.8 Å². The zero-order valence-corrected chi connectivity index (χ0v) is 13.5. The van der Waals surface area contributed by atoms with Crippen LogP contribution < -0.4 is 5.32 Å².